The first-order valence-electron chi connectivity index (χ1n) is 14.2. The van der Waals surface area contributed by atoms with Gasteiger partial charge in [-0.15, -0.1) is 0 Å². The Morgan fingerprint density at radius 1 is 1.00 bits per heavy atom. The molecule has 7 rings (SSSR count). The van der Waals surface area contributed by atoms with Crippen molar-refractivity contribution >= 4 is 22.2 Å². The zero-order valence-corrected chi connectivity index (χ0v) is 23.3. The lowest BCUT2D eigenvalue weighted by Gasteiger charge is -2.23. The van der Waals surface area contributed by atoms with Gasteiger partial charge in [-0.2, -0.15) is 0 Å². The fraction of sp³-hybridized carbons (Fsp3) is 0.242. The Morgan fingerprint density at radius 2 is 1.88 bits per heavy atom. The summed E-state index contributed by atoms with van der Waals surface area (Å²) < 4.78 is 20.2. The average Bonchev–Trinajstić information content (AvgIpc) is 3.66. The number of halogens is 1. The molecule has 2 aliphatic rings. The number of hydrogen-bond acceptors (Lipinski definition) is 7. The molecule has 0 amide bonds. The molecule has 5 aromatic rings. The van der Waals surface area contributed by atoms with Crippen molar-refractivity contribution < 1.29 is 14.2 Å². The van der Waals surface area contributed by atoms with E-state index < -0.39 is 5.82 Å². The number of pyridine rings is 3. The molecule has 0 atom stereocenters. The number of phenolic OH excluding ortho intramolecular Hbond substituents is 1. The highest BCUT2D eigenvalue weighted by Crippen LogP contribution is 2.39. The molecular weight excluding hydrogens is 531 g/mol. The molecule has 1 aromatic carbocycles. The number of benzene rings is 1. The van der Waals surface area contributed by atoms with Crippen LogP contribution in [-0.2, 0) is 0 Å². The van der Waals surface area contributed by atoms with Gasteiger partial charge in [0.25, 0.3) is 0 Å². The van der Waals surface area contributed by atoms with E-state index in [1.807, 2.05) is 30.6 Å². The molecular formula is C33H31FN6O2. The number of rotatable bonds is 7. The third-order valence-corrected chi connectivity index (χ3v) is 8.00. The van der Waals surface area contributed by atoms with Gasteiger partial charge in [0.05, 0.1) is 29.5 Å². The second-order valence-corrected chi connectivity index (χ2v) is 10.9. The Balaban J connectivity index is 1.22. The lowest BCUT2D eigenvalue weighted by molar-refractivity contribution is 0.237. The molecule has 1 fully saturated rings. The SMILES string of the molecule is CC1=C(c2cc3c(-c4cc(O)cc(F)c4)nccc3[nH]2)c2cc(-c3cncc(OCCN4CCCC4)c3)ncc2NC1. The van der Waals surface area contributed by atoms with Crippen LogP contribution in [-0.4, -0.2) is 62.7 Å². The fourth-order valence-electron chi connectivity index (χ4n) is 5.95. The molecule has 0 spiro atoms. The van der Waals surface area contributed by atoms with Gasteiger partial charge in [-0.25, -0.2) is 4.39 Å². The Labute approximate surface area is 242 Å². The minimum Gasteiger partial charge on any atom is -0.508 e. The number of H-pyrrole nitrogens is 1. The molecule has 3 N–H and O–H groups in total. The number of hydrogen-bond donors (Lipinski definition) is 3. The Hall–Kier alpha value is -4.76. The van der Waals surface area contributed by atoms with Gasteiger partial charge in [0.2, 0.25) is 0 Å². The van der Waals surface area contributed by atoms with Crippen LogP contribution in [0.5, 0.6) is 11.5 Å². The molecule has 2 aliphatic heterocycles. The number of anilines is 1. The number of aromatic amines is 1. The molecule has 212 valence electrons. The van der Waals surface area contributed by atoms with Crippen LogP contribution in [0.3, 0.4) is 0 Å². The third-order valence-electron chi connectivity index (χ3n) is 8.00. The topological polar surface area (TPSA) is 99.2 Å². The lowest BCUT2D eigenvalue weighted by atomic mass is 9.92. The number of aromatic nitrogens is 4. The summed E-state index contributed by atoms with van der Waals surface area (Å²) >= 11 is 0. The number of fused-ring (bicyclic) bond motifs is 2. The number of phenols is 1. The molecule has 9 heteroatoms. The van der Waals surface area contributed by atoms with Crippen molar-refractivity contribution in [1.29, 1.82) is 0 Å². The second kappa shape index (κ2) is 10.9. The third kappa shape index (κ3) is 5.07. The van der Waals surface area contributed by atoms with Gasteiger partial charge in [-0.1, -0.05) is 0 Å². The van der Waals surface area contributed by atoms with Crippen LogP contribution < -0.4 is 10.1 Å². The van der Waals surface area contributed by atoms with Gasteiger partial charge in [-0.05, 0) is 74.8 Å². The van der Waals surface area contributed by atoms with Gasteiger partial charge in [0.1, 0.15) is 23.9 Å². The summed E-state index contributed by atoms with van der Waals surface area (Å²) in [6, 6.07) is 12.0. The van der Waals surface area contributed by atoms with Crippen LogP contribution in [0.25, 0.3) is 39.0 Å². The van der Waals surface area contributed by atoms with E-state index in [0.717, 1.165) is 76.1 Å². The van der Waals surface area contributed by atoms with E-state index in [0.29, 0.717) is 24.4 Å². The van der Waals surface area contributed by atoms with Crippen LogP contribution in [0.4, 0.5) is 10.1 Å². The van der Waals surface area contributed by atoms with E-state index >= 15 is 0 Å². The van der Waals surface area contributed by atoms with Crippen LogP contribution >= 0.6 is 0 Å². The fourth-order valence-corrected chi connectivity index (χ4v) is 5.95. The maximum absolute atomic E-state index is 14.1. The minimum atomic E-state index is -0.513. The summed E-state index contributed by atoms with van der Waals surface area (Å²) in [4.78, 5) is 19.7. The molecule has 42 heavy (non-hydrogen) atoms. The van der Waals surface area contributed by atoms with Gasteiger partial charge in [0, 0.05) is 70.4 Å². The van der Waals surface area contributed by atoms with Gasteiger partial charge in [-0.3, -0.25) is 19.9 Å². The van der Waals surface area contributed by atoms with Crippen molar-refractivity contribution in [2.24, 2.45) is 0 Å². The van der Waals surface area contributed by atoms with E-state index in [4.69, 9.17) is 9.72 Å². The number of nitrogens with zero attached hydrogens (tertiary/aromatic N) is 4. The average molecular weight is 563 g/mol. The highest BCUT2D eigenvalue weighted by Gasteiger charge is 2.22. The smallest absolute Gasteiger partial charge is 0.138 e. The standard InChI is InChI=1S/C33H31FN6O2/c1-20-16-37-31-19-38-29(22-12-25(18-35-17-22)42-9-8-40-6-2-3-7-40)14-26(31)32(20)30-15-27-28(39-30)4-5-36-33(27)21-10-23(34)13-24(41)11-21/h4-5,10-15,17-19,37,39,41H,2-3,6-9,16H2,1H3. The largest absolute Gasteiger partial charge is 0.508 e. The molecule has 0 radical (unpaired) electrons. The molecule has 8 nitrogen and oxygen atoms in total. The highest BCUT2D eigenvalue weighted by atomic mass is 19.1. The summed E-state index contributed by atoms with van der Waals surface area (Å²) in [5.74, 6) is 0.0808. The van der Waals surface area contributed by atoms with E-state index in [1.54, 1.807) is 12.4 Å². The van der Waals surface area contributed by atoms with E-state index in [-0.39, 0.29) is 5.75 Å². The van der Waals surface area contributed by atoms with Crippen molar-refractivity contribution in [2.45, 2.75) is 19.8 Å². The summed E-state index contributed by atoms with van der Waals surface area (Å²) in [5, 5.41) is 14.3. The number of nitrogens with one attached hydrogen (secondary N) is 2. The summed E-state index contributed by atoms with van der Waals surface area (Å²) in [6.45, 7) is 6.63. The van der Waals surface area contributed by atoms with Crippen molar-refractivity contribution in [2.75, 3.05) is 38.1 Å². The molecule has 0 unspecified atom stereocenters. The summed E-state index contributed by atoms with van der Waals surface area (Å²) in [7, 11) is 0. The lowest BCUT2D eigenvalue weighted by Crippen LogP contribution is -2.25. The Bertz CT molecular complexity index is 1800. The van der Waals surface area contributed by atoms with E-state index in [9.17, 15) is 9.50 Å². The molecule has 1 saturated heterocycles. The molecule has 0 aliphatic carbocycles. The monoisotopic (exact) mass is 562 g/mol. The number of aromatic hydroxyl groups is 1. The molecule has 0 bridgehead atoms. The van der Waals surface area contributed by atoms with E-state index in [1.165, 1.54) is 30.5 Å². The second-order valence-electron chi connectivity index (χ2n) is 10.9. The van der Waals surface area contributed by atoms with Crippen LogP contribution in [0.15, 0.2) is 72.8 Å². The molecule has 0 saturated carbocycles. The zero-order chi connectivity index (χ0) is 28.6. The van der Waals surface area contributed by atoms with Crippen molar-refractivity contribution in [3.05, 3.63) is 89.9 Å². The number of ether oxygens (including phenoxy) is 1. The first-order valence-corrected chi connectivity index (χ1v) is 14.2. The van der Waals surface area contributed by atoms with E-state index in [2.05, 4.69) is 38.2 Å². The van der Waals surface area contributed by atoms with Gasteiger partial charge >= 0.3 is 0 Å². The van der Waals surface area contributed by atoms with Crippen molar-refractivity contribution in [3.8, 4) is 34.0 Å². The predicted octanol–water partition coefficient (Wildman–Crippen LogP) is 6.25. The molecule has 4 aromatic heterocycles. The maximum Gasteiger partial charge on any atom is 0.138 e. The highest BCUT2D eigenvalue weighted by molar-refractivity contribution is 5.99. The zero-order valence-electron chi connectivity index (χ0n) is 23.3. The Morgan fingerprint density at radius 3 is 2.74 bits per heavy atom. The summed E-state index contributed by atoms with van der Waals surface area (Å²) in [5.41, 5.74) is 8.80. The Kier molecular flexibility index (Phi) is 6.79. The predicted molar refractivity (Wildman–Crippen MR) is 162 cm³/mol. The quantitative estimate of drug-likeness (QED) is 0.216. The van der Waals surface area contributed by atoms with Crippen molar-refractivity contribution in [1.82, 2.24) is 24.8 Å². The maximum atomic E-state index is 14.1. The van der Waals surface area contributed by atoms with Crippen LogP contribution in [0, 0.1) is 5.82 Å². The summed E-state index contributed by atoms with van der Waals surface area (Å²) in [6.07, 6.45) is 9.64. The first-order chi connectivity index (χ1) is 20.5. The number of likely N-dealkylation sites (tertiary alicyclic amines) is 1. The van der Waals surface area contributed by atoms with Crippen LogP contribution in [0.1, 0.15) is 31.0 Å². The minimum absolute atomic E-state index is 0.138. The van der Waals surface area contributed by atoms with Gasteiger partial charge < -0.3 is 20.1 Å². The van der Waals surface area contributed by atoms with Gasteiger partial charge in [0.15, 0.2) is 0 Å². The normalized spacial score (nSPS) is 15.2. The van der Waals surface area contributed by atoms with Crippen molar-refractivity contribution in [3.63, 3.8) is 0 Å². The first kappa shape index (κ1) is 26.2. The molecule has 6 heterocycles. The van der Waals surface area contributed by atoms with Crippen LogP contribution in [0.2, 0.25) is 0 Å².